The van der Waals surface area contributed by atoms with E-state index >= 15 is 0 Å². The summed E-state index contributed by atoms with van der Waals surface area (Å²) in [5.41, 5.74) is 9.89. The molecule has 0 aliphatic heterocycles. The number of fused-ring (bicyclic) bond motifs is 2. The Labute approximate surface area is 115 Å². The van der Waals surface area contributed by atoms with E-state index in [-0.39, 0.29) is 0 Å². The summed E-state index contributed by atoms with van der Waals surface area (Å²) in [6, 6.07) is 13.9. The minimum absolute atomic E-state index is 0.525. The van der Waals surface area contributed by atoms with E-state index in [4.69, 9.17) is 5.73 Å². The molecule has 3 aromatic heterocycles. The minimum atomic E-state index is 0.525. The fourth-order valence-corrected chi connectivity index (χ4v) is 2.60. The molecule has 0 fully saturated rings. The first-order chi connectivity index (χ1) is 9.83. The van der Waals surface area contributed by atoms with Crippen LogP contribution in [-0.2, 0) is 0 Å². The van der Waals surface area contributed by atoms with Gasteiger partial charge in [0.05, 0.1) is 5.52 Å². The number of benzene rings is 1. The first kappa shape index (κ1) is 11.0. The van der Waals surface area contributed by atoms with Crippen molar-refractivity contribution in [3.63, 3.8) is 0 Å². The normalized spacial score (nSPS) is 11.2. The van der Waals surface area contributed by atoms with Crippen molar-refractivity contribution >= 4 is 27.8 Å². The largest absolute Gasteiger partial charge is 0.384 e. The molecule has 4 heteroatoms. The van der Waals surface area contributed by atoms with Gasteiger partial charge in [-0.25, -0.2) is 9.97 Å². The van der Waals surface area contributed by atoms with Crippen molar-refractivity contribution in [2.24, 2.45) is 0 Å². The predicted molar refractivity (Wildman–Crippen MR) is 81.2 cm³/mol. The molecule has 0 bridgehead atoms. The van der Waals surface area contributed by atoms with Gasteiger partial charge in [0.25, 0.3) is 0 Å². The minimum Gasteiger partial charge on any atom is -0.384 e. The van der Waals surface area contributed by atoms with Gasteiger partial charge in [0.2, 0.25) is 0 Å². The number of aromatic amines is 1. The van der Waals surface area contributed by atoms with Gasteiger partial charge in [0, 0.05) is 28.7 Å². The number of nitrogen functional groups attached to an aromatic ring is 1. The zero-order valence-electron chi connectivity index (χ0n) is 10.7. The SMILES string of the molecule is Nc1cc(-c2c[nH]c3ncccc23)c2ccccc2n1. The van der Waals surface area contributed by atoms with Crippen LogP contribution in [0, 0.1) is 0 Å². The van der Waals surface area contributed by atoms with Crippen LogP contribution in [0.15, 0.2) is 54.9 Å². The highest BCUT2D eigenvalue weighted by Gasteiger charge is 2.11. The lowest BCUT2D eigenvalue weighted by atomic mass is 10.0. The summed E-state index contributed by atoms with van der Waals surface area (Å²) in [5.74, 6) is 0.525. The van der Waals surface area contributed by atoms with Gasteiger partial charge in [-0.1, -0.05) is 18.2 Å². The number of nitrogens with zero attached hydrogens (tertiary/aromatic N) is 2. The number of hydrogen-bond donors (Lipinski definition) is 2. The highest BCUT2D eigenvalue weighted by Crippen LogP contribution is 2.33. The van der Waals surface area contributed by atoms with Gasteiger partial charge in [0.1, 0.15) is 11.5 Å². The zero-order valence-corrected chi connectivity index (χ0v) is 10.7. The molecule has 3 heterocycles. The second kappa shape index (κ2) is 4.06. The maximum Gasteiger partial charge on any atom is 0.137 e. The number of anilines is 1. The van der Waals surface area contributed by atoms with Crippen LogP contribution < -0.4 is 5.73 Å². The number of nitrogens with two attached hydrogens (primary N) is 1. The molecule has 0 aliphatic rings. The second-order valence-electron chi connectivity index (χ2n) is 4.71. The third-order valence-corrected chi connectivity index (χ3v) is 3.48. The lowest BCUT2D eigenvalue weighted by Gasteiger charge is -2.06. The Kier molecular flexibility index (Phi) is 2.23. The number of hydrogen-bond acceptors (Lipinski definition) is 3. The first-order valence-corrected chi connectivity index (χ1v) is 6.41. The molecular weight excluding hydrogens is 248 g/mol. The van der Waals surface area contributed by atoms with Crippen molar-refractivity contribution in [2.75, 3.05) is 5.73 Å². The summed E-state index contributed by atoms with van der Waals surface area (Å²) in [5, 5.41) is 2.18. The van der Waals surface area contributed by atoms with Gasteiger partial charge in [-0.05, 0) is 29.8 Å². The monoisotopic (exact) mass is 260 g/mol. The van der Waals surface area contributed by atoms with Crippen molar-refractivity contribution < 1.29 is 0 Å². The fourth-order valence-electron chi connectivity index (χ4n) is 2.60. The van der Waals surface area contributed by atoms with Gasteiger partial charge in [-0.2, -0.15) is 0 Å². The molecule has 4 nitrogen and oxygen atoms in total. The molecule has 0 amide bonds. The molecule has 0 saturated heterocycles. The number of pyridine rings is 2. The van der Waals surface area contributed by atoms with Gasteiger partial charge in [0.15, 0.2) is 0 Å². The van der Waals surface area contributed by atoms with Crippen molar-refractivity contribution in [2.45, 2.75) is 0 Å². The molecule has 0 aliphatic carbocycles. The maximum absolute atomic E-state index is 5.94. The molecular formula is C16H12N4. The molecule has 3 N–H and O–H groups in total. The Bertz CT molecular complexity index is 924. The standard InChI is InChI=1S/C16H12N4/c17-15-8-12(10-4-1-2-6-14(10)20-15)13-9-19-16-11(13)5-3-7-18-16/h1-9H,(H2,17,20)(H,18,19). The molecule has 0 unspecified atom stereocenters. The second-order valence-corrected chi connectivity index (χ2v) is 4.71. The smallest absolute Gasteiger partial charge is 0.137 e. The van der Waals surface area contributed by atoms with E-state index in [1.54, 1.807) is 6.20 Å². The Morgan fingerprint density at radius 2 is 1.80 bits per heavy atom. The summed E-state index contributed by atoms with van der Waals surface area (Å²) in [6.45, 7) is 0. The van der Waals surface area contributed by atoms with Crippen molar-refractivity contribution in [1.29, 1.82) is 0 Å². The first-order valence-electron chi connectivity index (χ1n) is 6.41. The molecule has 1 aromatic carbocycles. The number of para-hydroxylation sites is 1. The molecule has 4 rings (SSSR count). The number of nitrogens with one attached hydrogen (secondary N) is 1. The zero-order chi connectivity index (χ0) is 13.5. The molecule has 20 heavy (non-hydrogen) atoms. The van der Waals surface area contributed by atoms with Crippen LogP contribution in [0.3, 0.4) is 0 Å². The predicted octanol–water partition coefficient (Wildman–Crippen LogP) is 3.36. The van der Waals surface area contributed by atoms with E-state index in [0.717, 1.165) is 33.1 Å². The molecule has 0 atom stereocenters. The van der Waals surface area contributed by atoms with Crippen LogP contribution >= 0.6 is 0 Å². The number of rotatable bonds is 1. The van der Waals surface area contributed by atoms with Gasteiger partial charge >= 0.3 is 0 Å². The third-order valence-electron chi connectivity index (χ3n) is 3.48. The van der Waals surface area contributed by atoms with Crippen molar-refractivity contribution in [3.05, 3.63) is 54.9 Å². The van der Waals surface area contributed by atoms with Gasteiger partial charge in [-0.3, -0.25) is 0 Å². The van der Waals surface area contributed by atoms with Crippen molar-refractivity contribution in [3.8, 4) is 11.1 Å². The third kappa shape index (κ3) is 1.55. The van der Waals surface area contributed by atoms with E-state index in [1.165, 1.54) is 0 Å². The Balaban J connectivity index is 2.12. The van der Waals surface area contributed by atoms with Gasteiger partial charge < -0.3 is 10.7 Å². The van der Waals surface area contributed by atoms with E-state index in [0.29, 0.717) is 5.82 Å². The van der Waals surface area contributed by atoms with Crippen LogP contribution in [0.2, 0.25) is 0 Å². The van der Waals surface area contributed by atoms with E-state index in [1.807, 2.05) is 36.5 Å². The summed E-state index contributed by atoms with van der Waals surface area (Å²) in [6.07, 6.45) is 3.75. The molecule has 0 spiro atoms. The molecule has 0 radical (unpaired) electrons. The Morgan fingerprint density at radius 3 is 2.75 bits per heavy atom. The highest BCUT2D eigenvalue weighted by atomic mass is 14.8. The quantitative estimate of drug-likeness (QED) is 0.551. The number of H-pyrrole nitrogens is 1. The summed E-state index contributed by atoms with van der Waals surface area (Å²) in [4.78, 5) is 11.9. The van der Waals surface area contributed by atoms with Crippen LogP contribution in [-0.4, -0.2) is 15.0 Å². The van der Waals surface area contributed by atoms with E-state index in [9.17, 15) is 0 Å². The summed E-state index contributed by atoms with van der Waals surface area (Å²) in [7, 11) is 0. The topological polar surface area (TPSA) is 67.6 Å². The van der Waals surface area contributed by atoms with Crippen LogP contribution in [0.5, 0.6) is 0 Å². The summed E-state index contributed by atoms with van der Waals surface area (Å²) >= 11 is 0. The van der Waals surface area contributed by atoms with Gasteiger partial charge in [-0.15, -0.1) is 0 Å². The van der Waals surface area contributed by atoms with Crippen LogP contribution in [0.25, 0.3) is 33.1 Å². The lowest BCUT2D eigenvalue weighted by Crippen LogP contribution is -1.92. The highest BCUT2D eigenvalue weighted by molar-refractivity contribution is 6.03. The maximum atomic E-state index is 5.94. The average molecular weight is 260 g/mol. The molecule has 0 saturated carbocycles. The van der Waals surface area contributed by atoms with Crippen LogP contribution in [0.4, 0.5) is 5.82 Å². The Hall–Kier alpha value is -2.88. The van der Waals surface area contributed by atoms with Crippen molar-refractivity contribution in [1.82, 2.24) is 15.0 Å². The van der Waals surface area contributed by atoms with E-state index in [2.05, 4.69) is 27.1 Å². The lowest BCUT2D eigenvalue weighted by molar-refractivity contribution is 1.33. The number of aromatic nitrogens is 3. The molecule has 96 valence electrons. The molecule has 4 aromatic rings. The fraction of sp³-hybridized carbons (Fsp3) is 0. The Morgan fingerprint density at radius 1 is 0.950 bits per heavy atom. The average Bonchev–Trinajstić information content (AvgIpc) is 2.90. The summed E-state index contributed by atoms with van der Waals surface area (Å²) < 4.78 is 0. The van der Waals surface area contributed by atoms with Crippen LogP contribution in [0.1, 0.15) is 0 Å². The van der Waals surface area contributed by atoms with E-state index < -0.39 is 0 Å².